The van der Waals surface area contributed by atoms with Crippen molar-refractivity contribution in [2.45, 2.75) is 86.7 Å². The van der Waals surface area contributed by atoms with Crippen molar-refractivity contribution in [3.63, 3.8) is 0 Å². The second kappa shape index (κ2) is 8.86. The lowest BCUT2D eigenvalue weighted by atomic mass is 9.48. The van der Waals surface area contributed by atoms with Crippen LogP contribution in [0.5, 0.6) is 11.5 Å². The van der Waals surface area contributed by atoms with Crippen LogP contribution in [0.25, 0.3) is 0 Å². The minimum atomic E-state index is -4.43. The van der Waals surface area contributed by atoms with Crippen LogP contribution in [-0.2, 0) is 29.2 Å². The molecular weight excluding hydrogens is 521 g/mol. The van der Waals surface area contributed by atoms with Gasteiger partial charge in [0.05, 0.1) is 22.6 Å². The maximum atomic E-state index is 13.4. The molecule has 1 spiro atoms. The fraction of sp³-hybridized carbons (Fsp3) is 0.581. The molecule has 2 N–H and O–H groups in total. The number of hydrogen-bond donors (Lipinski definition) is 2. The van der Waals surface area contributed by atoms with E-state index in [0.717, 1.165) is 36.3 Å². The lowest BCUT2D eigenvalue weighted by Gasteiger charge is -2.64. The molecule has 2 heterocycles. The van der Waals surface area contributed by atoms with Gasteiger partial charge in [-0.25, -0.2) is 0 Å². The fourth-order valence-electron chi connectivity index (χ4n) is 8.37. The second-order valence-electron chi connectivity index (χ2n) is 12.6. The molecule has 5 atom stereocenters. The number of aliphatic hydroxyl groups is 1. The van der Waals surface area contributed by atoms with Crippen molar-refractivity contribution in [1.29, 1.82) is 0 Å². The molecule has 2 aliphatic heterocycles. The monoisotopic (exact) mass is 556 g/mol. The van der Waals surface area contributed by atoms with Crippen molar-refractivity contribution >= 4 is 5.91 Å². The molecule has 2 unspecified atom stereocenters. The molecule has 3 fully saturated rings. The number of carbonyl (C=O) groups is 1. The number of nitrogens with zero attached hydrogens (tertiary/aromatic N) is 2. The second-order valence-corrected chi connectivity index (χ2v) is 12.6. The van der Waals surface area contributed by atoms with E-state index in [1.54, 1.807) is 24.1 Å². The molecule has 1 saturated heterocycles. The Morgan fingerprint density at radius 3 is 2.73 bits per heavy atom. The number of halogens is 3. The number of rotatable bonds is 6. The zero-order valence-electron chi connectivity index (χ0n) is 22.6. The summed E-state index contributed by atoms with van der Waals surface area (Å²) in [7, 11) is 1.73. The van der Waals surface area contributed by atoms with E-state index in [0.29, 0.717) is 42.9 Å². The van der Waals surface area contributed by atoms with Gasteiger partial charge in [0.1, 0.15) is 6.10 Å². The Morgan fingerprint density at radius 1 is 1.18 bits per heavy atom. The van der Waals surface area contributed by atoms with Gasteiger partial charge in [0.2, 0.25) is 5.91 Å². The van der Waals surface area contributed by atoms with E-state index < -0.39 is 28.9 Å². The number of aryl methyl sites for hydroxylation is 1. The molecule has 6 nitrogen and oxygen atoms in total. The first kappa shape index (κ1) is 26.1. The van der Waals surface area contributed by atoms with Gasteiger partial charge in [-0.2, -0.15) is 13.2 Å². The summed E-state index contributed by atoms with van der Waals surface area (Å²) in [5.41, 5.74) is 0.00338. The van der Waals surface area contributed by atoms with Crippen molar-refractivity contribution in [3.05, 3.63) is 58.7 Å². The number of phenolic OH excluding ortho intramolecular Hbond substituents is 1. The summed E-state index contributed by atoms with van der Waals surface area (Å²) in [6.07, 6.45) is 0.260. The number of carbonyl (C=O) groups excluding carboxylic acids is 1. The molecule has 2 aromatic carbocycles. The minimum absolute atomic E-state index is 0.0428. The maximum Gasteiger partial charge on any atom is 0.416 e. The summed E-state index contributed by atoms with van der Waals surface area (Å²) < 4.78 is 46.0. The smallest absolute Gasteiger partial charge is 0.416 e. The molecule has 1 amide bonds. The Hall–Kier alpha value is -2.78. The largest absolute Gasteiger partial charge is 0.504 e. The van der Waals surface area contributed by atoms with Crippen LogP contribution in [0.15, 0.2) is 36.4 Å². The molecule has 9 heteroatoms. The number of ether oxygens (including phenoxy) is 1. The molecular formula is C31H35F3N2O4. The molecule has 7 rings (SSSR count). The van der Waals surface area contributed by atoms with Crippen molar-refractivity contribution < 1.29 is 32.9 Å². The van der Waals surface area contributed by atoms with Crippen LogP contribution in [0.3, 0.4) is 0 Å². The number of likely N-dealkylation sites (N-methyl/N-ethyl adjacent to an activating group) is 1. The summed E-state index contributed by atoms with van der Waals surface area (Å²) in [4.78, 5) is 17.6. The van der Waals surface area contributed by atoms with Gasteiger partial charge in [0.25, 0.3) is 0 Å². The highest BCUT2D eigenvalue weighted by molar-refractivity contribution is 5.77. The summed E-state index contributed by atoms with van der Waals surface area (Å²) >= 11 is 0. The third-order valence-electron chi connectivity index (χ3n) is 10.5. The number of hydrogen-bond acceptors (Lipinski definition) is 5. The fourth-order valence-corrected chi connectivity index (χ4v) is 8.37. The molecule has 214 valence electrons. The number of alkyl halides is 3. The van der Waals surface area contributed by atoms with Crippen molar-refractivity contribution in [2.24, 2.45) is 5.92 Å². The Labute approximate surface area is 231 Å². The van der Waals surface area contributed by atoms with Crippen LogP contribution in [0, 0.1) is 5.92 Å². The van der Waals surface area contributed by atoms with Crippen molar-refractivity contribution in [2.75, 3.05) is 20.1 Å². The summed E-state index contributed by atoms with van der Waals surface area (Å²) in [5.74, 6) is 1.02. The third kappa shape index (κ3) is 3.73. The molecule has 2 bridgehead atoms. The quantitative estimate of drug-likeness (QED) is 0.551. The molecule has 5 aliphatic rings. The SMILES string of the molecule is CN(C(=O)CCc1cccc(C(F)(F)F)c1)C1CC[C@@]2(O)[C@H]3Cc4ccc(O)c5c4[C@@]2(CCN3CC2CC2)C1O5. The number of piperidine rings is 1. The van der Waals surface area contributed by atoms with E-state index in [9.17, 15) is 28.2 Å². The molecule has 0 aromatic heterocycles. The molecule has 3 aliphatic carbocycles. The first-order chi connectivity index (χ1) is 19.0. The minimum Gasteiger partial charge on any atom is -0.504 e. The van der Waals surface area contributed by atoms with Crippen molar-refractivity contribution in [1.82, 2.24) is 9.80 Å². The highest BCUT2D eigenvalue weighted by Gasteiger charge is 2.73. The lowest BCUT2D eigenvalue weighted by molar-refractivity contribution is -0.200. The van der Waals surface area contributed by atoms with Gasteiger partial charge >= 0.3 is 6.18 Å². The number of likely N-dealkylation sites (tertiary alicyclic amines) is 1. The summed E-state index contributed by atoms with van der Waals surface area (Å²) in [6, 6.07) is 8.38. The van der Waals surface area contributed by atoms with Gasteiger partial charge in [-0.15, -0.1) is 0 Å². The number of benzene rings is 2. The Morgan fingerprint density at radius 2 is 1.98 bits per heavy atom. The van der Waals surface area contributed by atoms with Crippen LogP contribution in [0.4, 0.5) is 13.2 Å². The van der Waals surface area contributed by atoms with E-state index in [1.807, 2.05) is 6.07 Å². The van der Waals surface area contributed by atoms with Gasteiger partial charge in [-0.1, -0.05) is 24.3 Å². The third-order valence-corrected chi connectivity index (χ3v) is 10.5. The Balaban J connectivity index is 1.17. The van der Waals surface area contributed by atoms with Crippen LogP contribution < -0.4 is 4.74 Å². The van der Waals surface area contributed by atoms with Crippen LogP contribution in [0.1, 0.15) is 60.8 Å². The standard InChI is InChI=1S/C31H35F3N2O4/c1-35(25(38)10-7-18-3-2-4-21(15-18)31(32,33)34)22-11-12-30(39)24-16-20-8-9-23(37)27-26(20)29(30,28(22)40-27)13-14-36(24)17-19-5-6-19/h2-4,8-9,15,19,22,24,28,37,39H,5-7,10-14,16-17H2,1H3/t22?,24-,28?,29+,30-/m1/s1. The van der Waals surface area contributed by atoms with Crippen molar-refractivity contribution in [3.8, 4) is 11.5 Å². The number of amides is 1. The zero-order chi connectivity index (χ0) is 28.0. The Bertz CT molecular complexity index is 1360. The van der Waals surface area contributed by atoms with Gasteiger partial charge in [0.15, 0.2) is 11.5 Å². The average molecular weight is 557 g/mol. The highest BCUT2D eigenvalue weighted by Crippen LogP contribution is 2.66. The van der Waals surface area contributed by atoms with Gasteiger partial charge < -0.3 is 19.8 Å². The van der Waals surface area contributed by atoms with E-state index in [1.165, 1.54) is 18.9 Å². The van der Waals surface area contributed by atoms with E-state index in [4.69, 9.17) is 4.74 Å². The summed E-state index contributed by atoms with van der Waals surface area (Å²) in [5, 5.41) is 23.4. The van der Waals surface area contributed by atoms with E-state index in [-0.39, 0.29) is 36.6 Å². The molecule has 2 aromatic rings. The molecule has 0 radical (unpaired) electrons. The lowest BCUT2D eigenvalue weighted by Crippen LogP contribution is -2.78. The molecule has 40 heavy (non-hydrogen) atoms. The number of aromatic hydroxyl groups is 1. The topological polar surface area (TPSA) is 73.2 Å². The average Bonchev–Trinajstić information content (AvgIpc) is 3.66. The predicted molar refractivity (Wildman–Crippen MR) is 141 cm³/mol. The van der Waals surface area contributed by atoms with E-state index in [2.05, 4.69) is 4.90 Å². The normalized spacial score (nSPS) is 32.4. The predicted octanol–water partition coefficient (Wildman–Crippen LogP) is 4.43. The first-order valence-corrected chi connectivity index (χ1v) is 14.4. The van der Waals surface area contributed by atoms with Gasteiger partial charge in [0, 0.05) is 31.6 Å². The van der Waals surface area contributed by atoms with Crippen LogP contribution in [-0.4, -0.2) is 69.8 Å². The van der Waals surface area contributed by atoms with Crippen LogP contribution in [0.2, 0.25) is 0 Å². The zero-order valence-corrected chi connectivity index (χ0v) is 22.6. The maximum absolute atomic E-state index is 13.4. The highest BCUT2D eigenvalue weighted by atomic mass is 19.4. The van der Waals surface area contributed by atoms with Gasteiger partial charge in [-0.3, -0.25) is 9.69 Å². The Kier molecular flexibility index (Phi) is 5.79. The molecule has 2 saturated carbocycles. The first-order valence-electron chi connectivity index (χ1n) is 14.4. The van der Waals surface area contributed by atoms with Crippen LogP contribution >= 0.6 is 0 Å². The summed E-state index contributed by atoms with van der Waals surface area (Å²) in [6.45, 7) is 1.82. The van der Waals surface area contributed by atoms with E-state index >= 15 is 0 Å². The number of phenols is 1. The van der Waals surface area contributed by atoms with Gasteiger partial charge in [-0.05, 0) is 80.7 Å².